The Kier molecular flexibility index (Phi) is 4.79. The van der Waals surface area contributed by atoms with Crippen molar-refractivity contribution in [3.8, 4) is 5.75 Å². The molecule has 0 saturated carbocycles. The summed E-state index contributed by atoms with van der Waals surface area (Å²) in [7, 11) is 0. The zero-order valence-electron chi connectivity index (χ0n) is 9.40. The third kappa shape index (κ3) is 3.36. The molecule has 0 aliphatic carbocycles. The van der Waals surface area contributed by atoms with Gasteiger partial charge in [-0.25, -0.2) is 0 Å². The lowest BCUT2D eigenvalue weighted by Gasteiger charge is -2.19. The first-order valence-corrected chi connectivity index (χ1v) is 5.47. The van der Waals surface area contributed by atoms with Crippen LogP contribution in [0.1, 0.15) is 10.4 Å². The van der Waals surface area contributed by atoms with Crippen LogP contribution in [0.15, 0.2) is 43.5 Å². The summed E-state index contributed by atoms with van der Waals surface area (Å²) in [6.45, 7) is 7.94. The van der Waals surface area contributed by atoms with Crippen molar-refractivity contribution in [1.29, 1.82) is 0 Å². The third-order valence-corrected chi connectivity index (χ3v) is 2.41. The van der Waals surface area contributed by atoms with Crippen molar-refractivity contribution in [3.05, 3.63) is 54.1 Å². The Morgan fingerprint density at radius 2 is 1.94 bits per heavy atom. The van der Waals surface area contributed by atoms with E-state index in [0.29, 0.717) is 18.1 Å². The van der Waals surface area contributed by atoms with E-state index < -0.39 is 0 Å². The zero-order valence-corrected chi connectivity index (χ0v) is 10.2. The molecule has 1 N–H and O–H groups in total. The standard InChI is InChI=1S/C13H14ClNO2/c1-3-7-15(8-4-2)13(17)11-9-10(14)5-6-12(11)16/h3-6,9,16H,1-2,7-8H2. The molecule has 0 fully saturated rings. The van der Waals surface area contributed by atoms with Gasteiger partial charge in [-0.1, -0.05) is 23.8 Å². The maximum atomic E-state index is 12.1. The zero-order chi connectivity index (χ0) is 12.8. The Morgan fingerprint density at radius 3 is 2.47 bits per heavy atom. The predicted octanol–water partition coefficient (Wildman–Crippen LogP) is 2.86. The molecule has 90 valence electrons. The summed E-state index contributed by atoms with van der Waals surface area (Å²) < 4.78 is 0. The van der Waals surface area contributed by atoms with Gasteiger partial charge >= 0.3 is 0 Å². The van der Waals surface area contributed by atoms with Gasteiger partial charge in [0.2, 0.25) is 0 Å². The quantitative estimate of drug-likeness (QED) is 0.818. The number of halogens is 1. The van der Waals surface area contributed by atoms with Crippen LogP contribution >= 0.6 is 11.6 Å². The molecule has 1 aromatic rings. The summed E-state index contributed by atoms with van der Waals surface area (Å²) in [4.78, 5) is 13.6. The summed E-state index contributed by atoms with van der Waals surface area (Å²) in [5.74, 6) is -0.387. The summed E-state index contributed by atoms with van der Waals surface area (Å²) in [5, 5.41) is 10.0. The van der Waals surface area contributed by atoms with Crippen LogP contribution < -0.4 is 0 Å². The highest BCUT2D eigenvalue weighted by Crippen LogP contribution is 2.22. The van der Waals surface area contributed by atoms with Crippen LogP contribution in [0.4, 0.5) is 0 Å². The Labute approximate surface area is 106 Å². The molecule has 1 rings (SSSR count). The van der Waals surface area contributed by atoms with Gasteiger partial charge in [0.25, 0.3) is 5.91 Å². The second-order valence-corrected chi connectivity index (χ2v) is 3.89. The van der Waals surface area contributed by atoms with E-state index in [-0.39, 0.29) is 17.2 Å². The van der Waals surface area contributed by atoms with Crippen molar-refractivity contribution >= 4 is 17.5 Å². The molecule has 4 heteroatoms. The van der Waals surface area contributed by atoms with Gasteiger partial charge in [-0.3, -0.25) is 4.79 Å². The smallest absolute Gasteiger partial charge is 0.258 e. The van der Waals surface area contributed by atoms with Crippen LogP contribution in [0.25, 0.3) is 0 Å². The van der Waals surface area contributed by atoms with Crippen LogP contribution in [0.3, 0.4) is 0 Å². The number of carbonyl (C=O) groups excluding carboxylic acids is 1. The minimum atomic E-state index is -0.301. The number of rotatable bonds is 5. The summed E-state index contributed by atoms with van der Waals surface area (Å²) in [5.41, 5.74) is 0.182. The highest BCUT2D eigenvalue weighted by atomic mass is 35.5. The molecule has 0 aromatic heterocycles. The Hall–Kier alpha value is -1.74. The van der Waals surface area contributed by atoms with Crippen LogP contribution in [0.2, 0.25) is 5.02 Å². The number of hydrogen-bond acceptors (Lipinski definition) is 2. The average molecular weight is 252 g/mol. The topological polar surface area (TPSA) is 40.5 Å². The molecule has 0 heterocycles. The number of amides is 1. The number of nitrogens with zero attached hydrogens (tertiary/aromatic N) is 1. The molecule has 0 bridgehead atoms. The molecule has 3 nitrogen and oxygen atoms in total. The van der Waals surface area contributed by atoms with Gasteiger partial charge in [0.05, 0.1) is 5.56 Å². The first-order valence-electron chi connectivity index (χ1n) is 5.09. The fourth-order valence-electron chi connectivity index (χ4n) is 1.40. The van der Waals surface area contributed by atoms with Crippen LogP contribution in [-0.2, 0) is 0 Å². The Bertz CT molecular complexity index is 433. The van der Waals surface area contributed by atoms with E-state index in [1.165, 1.54) is 23.1 Å². The van der Waals surface area contributed by atoms with E-state index in [0.717, 1.165) is 0 Å². The fraction of sp³-hybridized carbons (Fsp3) is 0.154. The number of hydrogen-bond donors (Lipinski definition) is 1. The van der Waals surface area contributed by atoms with E-state index in [2.05, 4.69) is 13.2 Å². The molecule has 1 aromatic carbocycles. The molecule has 17 heavy (non-hydrogen) atoms. The fourth-order valence-corrected chi connectivity index (χ4v) is 1.57. The molecular formula is C13H14ClNO2. The molecule has 0 saturated heterocycles. The SMILES string of the molecule is C=CCN(CC=C)C(=O)c1cc(Cl)ccc1O. The van der Waals surface area contributed by atoms with E-state index in [1.807, 2.05) is 0 Å². The van der Waals surface area contributed by atoms with Gasteiger partial charge in [0.1, 0.15) is 5.75 Å². The van der Waals surface area contributed by atoms with Crippen LogP contribution in [0, 0.1) is 0 Å². The first kappa shape index (κ1) is 13.3. The first-order chi connectivity index (χ1) is 8.10. The lowest BCUT2D eigenvalue weighted by atomic mass is 10.1. The van der Waals surface area contributed by atoms with Gasteiger partial charge in [-0.15, -0.1) is 13.2 Å². The van der Waals surface area contributed by atoms with E-state index in [4.69, 9.17) is 11.6 Å². The highest BCUT2D eigenvalue weighted by molar-refractivity contribution is 6.31. The molecule has 0 aliphatic rings. The molecule has 0 aliphatic heterocycles. The number of benzene rings is 1. The number of phenols is 1. The van der Waals surface area contributed by atoms with Gasteiger partial charge in [-0.2, -0.15) is 0 Å². The Morgan fingerprint density at radius 1 is 1.35 bits per heavy atom. The second-order valence-electron chi connectivity index (χ2n) is 3.45. The number of aromatic hydroxyl groups is 1. The van der Waals surface area contributed by atoms with Crippen molar-refractivity contribution in [2.24, 2.45) is 0 Å². The van der Waals surface area contributed by atoms with Gasteiger partial charge in [-0.05, 0) is 18.2 Å². The third-order valence-electron chi connectivity index (χ3n) is 2.18. The average Bonchev–Trinajstić information content (AvgIpc) is 2.31. The number of phenolic OH excluding ortho intramolecular Hbond substituents is 1. The molecule has 0 unspecified atom stereocenters. The predicted molar refractivity (Wildman–Crippen MR) is 69.4 cm³/mol. The van der Waals surface area contributed by atoms with E-state index in [9.17, 15) is 9.90 Å². The summed E-state index contributed by atoms with van der Waals surface area (Å²) in [6, 6.07) is 4.37. The van der Waals surface area contributed by atoms with Crippen molar-refractivity contribution < 1.29 is 9.90 Å². The maximum absolute atomic E-state index is 12.1. The lowest BCUT2D eigenvalue weighted by Crippen LogP contribution is -2.31. The van der Waals surface area contributed by atoms with Crippen molar-refractivity contribution in [1.82, 2.24) is 4.90 Å². The molecular weight excluding hydrogens is 238 g/mol. The lowest BCUT2D eigenvalue weighted by molar-refractivity contribution is 0.0788. The minimum Gasteiger partial charge on any atom is -0.507 e. The normalized spacial score (nSPS) is 9.71. The maximum Gasteiger partial charge on any atom is 0.258 e. The van der Waals surface area contributed by atoms with Gasteiger partial charge in [0, 0.05) is 18.1 Å². The van der Waals surface area contributed by atoms with Gasteiger partial charge in [0.15, 0.2) is 0 Å². The molecule has 1 amide bonds. The largest absolute Gasteiger partial charge is 0.507 e. The summed E-state index contributed by atoms with van der Waals surface area (Å²) >= 11 is 5.80. The van der Waals surface area contributed by atoms with Crippen LogP contribution in [0.5, 0.6) is 5.75 Å². The second kappa shape index (κ2) is 6.11. The number of carbonyl (C=O) groups is 1. The monoisotopic (exact) mass is 251 g/mol. The van der Waals surface area contributed by atoms with Crippen LogP contribution in [-0.4, -0.2) is 29.0 Å². The minimum absolute atomic E-state index is 0.0856. The Balaban J connectivity index is 3.03. The van der Waals surface area contributed by atoms with Crippen molar-refractivity contribution in [2.45, 2.75) is 0 Å². The molecule has 0 spiro atoms. The van der Waals surface area contributed by atoms with E-state index in [1.54, 1.807) is 12.2 Å². The van der Waals surface area contributed by atoms with Gasteiger partial charge < -0.3 is 10.0 Å². The van der Waals surface area contributed by atoms with Crippen molar-refractivity contribution in [3.63, 3.8) is 0 Å². The molecule has 0 radical (unpaired) electrons. The van der Waals surface area contributed by atoms with E-state index >= 15 is 0 Å². The highest BCUT2D eigenvalue weighted by Gasteiger charge is 2.17. The van der Waals surface area contributed by atoms with Crippen molar-refractivity contribution in [2.75, 3.05) is 13.1 Å². The molecule has 0 atom stereocenters. The summed E-state index contributed by atoms with van der Waals surface area (Å²) in [6.07, 6.45) is 3.23.